The van der Waals surface area contributed by atoms with Gasteiger partial charge in [0.25, 0.3) is 10.0 Å². The first-order chi connectivity index (χ1) is 8.84. The molecular weight excluding hydrogens is 352 g/mol. The van der Waals surface area contributed by atoms with Crippen molar-refractivity contribution >= 4 is 43.2 Å². The van der Waals surface area contributed by atoms with Gasteiger partial charge in [0, 0.05) is 24.6 Å². The minimum Gasteiger partial charge on any atom is -0.342 e. The number of likely N-dealkylation sites (N-methyl/N-ethyl adjacent to an activating group) is 2. The van der Waals surface area contributed by atoms with Crippen LogP contribution >= 0.6 is 27.3 Å². The summed E-state index contributed by atoms with van der Waals surface area (Å²) < 4.78 is 26.4. The highest BCUT2D eigenvalue weighted by Crippen LogP contribution is 2.29. The first-order valence-corrected chi connectivity index (χ1v) is 8.92. The van der Waals surface area contributed by atoms with Crippen LogP contribution in [0.5, 0.6) is 0 Å². The summed E-state index contributed by atoms with van der Waals surface area (Å²) in [6, 6.07) is 1.68. The minimum atomic E-state index is -3.61. The minimum absolute atomic E-state index is 0.144. The Hall–Kier alpha value is -0.440. The second kappa shape index (κ2) is 6.83. The second-order valence-electron chi connectivity index (χ2n) is 3.88. The van der Waals surface area contributed by atoms with Crippen LogP contribution in [0.25, 0.3) is 0 Å². The number of hydrogen-bond donors (Lipinski definition) is 0. The van der Waals surface area contributed by atoms with Crippen LogP contribution in [0.15, 0.2) is 20.1 Å². The van der Waals surface area contributed by atoms with E-state index in [-0.39, 0.29) is 16.7 Å². The number of thiophene rings is 1. The van der Waals surface area contributed by atoms with Crippen LogP contribution in [0.2, 0.25) is 0 Å². The normalized spacial score (nSPS) is 11.8. The van der Waals surface area contributed by atoms with Crippen molar-refractivity contribution in [2.24, 2.45) is 0 Å². The maximum atomic E-state index is 12.3. The van der Waals surface area contributed by atoms with Crippen LogP contribution in [-0.2, 0) is 14.8 Å². The van der Waals surface area contributed by atoms with Crippen molar-refractivity contribution in [2.75, 3.05) is 26.7 Å². The van der Waals surface area contributed by atoms with Gasteiger partial charge in [0.1, 0.15) is 4.21 Å². The Morgan fingerprint density at radius 3 is 2.37 bits per heavy atom. The lowest BCUT2D eigenvalue weighted by Gasteiger charge is -2.22. The van der Waals surface area contributed by atoms with Gasteiger partial charge in [-0.25, -0.2) is 8.42 Å². The fraction of sp³-hybridized carbons (Fsp3) is 0.545. The highest BCUT2D eigenvalue weighted by molar-refractivity contribution is 9.10. The number of nitrogens with zero attached hydrogens (tertiary/aromatic N) is 2. The molecule has 0 spiro atoms. The van der Waals surface area contributed by atoms with Gasteiger partial charge >= 0.3 is 0 Å². The van der Waals surface area contributed by atoms with Crippen molar-refractivity contribution in [2.45, 2.75) is 18.1 Å². The molecule has 108 valence electrons. The monoisotopic (exact) mass is 368 g/mol. The number of amides is 1. The molecule has 0 aliphatic heterocycles. The van der Waals surface area contributed by atoms with Crippen molar-refractivity contribution < 1.29 is 13.2 Å². The quantitative estimate of drug-likeness (QED) is 0.771. The fourth-order valence-corrected chi connectivity index (χ4v) is 5.18. The first kappa shape index (κ1) is 16.6. The van der Waals surface area contributed by atoms with Crippen LogP contribution in [0, 0.1) is 0 Å². The fourth-order valence-electron chi connectivity index (χ4n) is 1.56. The molecule has 0 atom stereocenters. The molecule has 1 heterocycles. The third kappa shape index (κ3) is 3.77. The van der Waals surface area contributed by atoms with Crippen molar-refractivity contribution in [1.29, 1.82) is 0 Å². The average molecular weight is 369 g/mol. The van der Waals surface area contributed by atoms with Crippen molar-refractivity contribution in [3.8, 4) is 0 Å². The lowest BCUT2D eigenvalue weighted by Crippen LogP contribution is -2.40. The van der Waals surface area contributed by atoms with E-state index < -0.39 is 10.0 Å². The van der Waals surface area contributed by atoms with E-state index in [1.807, 2.05) is 13.8 Å². The third-order valence-electron chi connectivity index (χ3n) is 2.70. The van der Waals surface area contributed by atoms with Crippen LogP contribution in [0.3, 0.4) is 0 Å². The summed E-state index contributed by atoms with van der Waals surface area (Å²) in [6.07, 6.45) is 0. The predicted octanol–water partition coefficient (Wildman–Crippen LogP) is 2.00. The molecule has 0 saturated carbocycles. The summed E-state index contributed by atoms with van der Waals surface area (Å²) in [5.74, 6) is -0.191. The van der Waals surface area contributed by atoms with Gasteiger partial charge in [-0.05, 0) is 41.2 Å². The molecule has 19 heavy (non-hydrogen) atoms. The van der Waals surface area contributed by atoms with Gasteiger partial charge in [-0.1, -0.05) is 0 Å². The van der Waals surface area contributed by atoms with E-state index in [0.717, 1.165) is 15.6 Å². The summed E-state index contributed by atoms with van der Waals surface area (Å²) in [7, 11) is -2.19. The zero-order valence-electron chi connectivity index (χ0n) is 11.1. The third-order valence-corrected chi connectivity index (χ3v) is 7.15. The highest BCUT2D eigenvalue weighted by Gasteiger charge is 2.27. The van der Waals surface area contributed by atoms with E-state index in [9.17, 15) is 13.2 Å². The molecule has 0 aromatic carbocycles. The Labute approximate surface area is 126 Å². The standard InChI is InChI=1S/C11H17BrN2O3S2/c1-4-14(5-2)10(15)8-13(3)19(16,17)11-9(12)6-7-18-11/h6-7H,4-5,8H2,1-3H3. The smallest absolute Gasteiger partial charge is 0.253 e. The van der Waals surface area contributed by atoms with Crippen LogP contribution in [0.1, 0.15) is 13.8 Å². The van der Waals surface area contributed by atoms with E-state index in [1.165, 1.54) is 7.05 Å². The molecule has 1 amide bonds. The van der Waals surface area contributed by atoms with E-state index in [2.05, 4.69) is 15.9 Å². The van der Waals surface area contributed by atoms with Gasteiger partial charge in [0.2, 0.25) is 5.91 Å². The predicted molar refractivity (Wildman–Crippen MR) is 79.8 cm³/mol. The Bertz CT molecular complexity index is 538. The Morgan fingerprint density at radius 1 is 1.37 bits per heavy atom. The molecule has 1 aromatic rings. The van der Waals surface area contributed by atoms with E-state index in [0.29, 0.717) is 17.6 Å². The molecule has 1 rings (SSSR count). The lowest BCUT2D eigenvalue weighted by molar-refractivity contribution is -0.130. The Balaban J connectivity index is 2.87. The van der Waals surface area contributed by atoms with Crippen LogP contribution in [0.4, 0.5) is 0 Å². The summed E-state index contributed by atoms with van der Waals surface area (Å²) >= 11 is 4.33. The molecule has 0 N–H and O–H groups in total. The summed E-state index contributed by atoms with van der Waals surface area (Å²) in [5, 5.41) is 1.69. The molecule has 0 fully saturated rings. The molecule has 5 nitrogen and oxygen atoms in total. The van der Waals surface area contributed by atoms with E-state index >= 15 is 0 Å². The summed E-state index contributed by atoms with van der Waals surface area (Å²) in [5.41, 5.74) is 0. The zero-order valence-corrected chi connectivity index (χ0v) is 14.3. The molecule has 0 bridgehead atoms. The van der Waals surface area contributed by atoms with E-state index in [4.69, 9.17) is 0 Å². The van der Waals surface area contributed by atoms with Gasteiger partial charge in [0.15, 0.2) is 0 Å². The number of hydrogen-bond acceptors (Lipinski definition) is 4. The highest BCUT2D eigenvalue weighted by atomic mass is 79.9. The van der Waals surface area contributed by atoms with Crippen molar-refractivity contribution in [3.05, 3.63) is 15.9 Å². The summed E-state index contributed by atoms with van der Waals surface area (Å²) in [4.78, 5) is 13.5. The number of carbonyl (C=O) groups excluding carboxylic acids is 1. The number of halogens is 1. The molecule has 0 aliphatic carbocycles. The molecule has 8 heteroatoms. The number of rotatable bonds is 6. The van der Waals surface area contributed by atoms with Crippen molar-refractivity contribution in [3.63, 3.8) is 0 Å². The largest absolute Gasteiger partial charge is 0.342 e. The lowest BCUT2D eigenvalue weighted by atomic mass is 10.4. The Morgan fingerprint density at radius 2 is 1.95 bits per heavy atom. The molecular formula is C11H17BrN2O3S2. The molecule has 0 saturated heterocycles. The molecule has 0 aliphatic rings. The maximum Gasteiger partial charge on any atom is 0.253 e. The zero-order chi connectivity index (χ0) is 14.6. The van der Waals surface area contributed by atoms with Crippen LogP contribution < -0.4 is 0 Å². The van der Waals surface area contributed by atoms with Gasteiger partial charge in [0.05, 0.1) is 6.54 Å². The van der Waals surface area contributed by atoms with Gasteiger partial charge in [-0.15, -0.1) is 11.3 Å². The number of sulfonamides is 1. The molecule has 0 unspecified atom stereocenters. The first-order valence-electron chi connectivity index (χ1n) is 5.81. The molecule has 0 radical (unpaired) electrons. The van der Waals surface area contributed by atoms with Gasteiger partial charge in [-0.3, -0.25) is 4.79 Å². The maximum absolute atomic E-state index is 12.3. The number of carbonyl (C=O) groups is 1. The van der Waals surface area contributed by atoms with Crippen LogP contribution in [-0.4, -0.2) is 50.2 Å². The SMILES string of the molecule is CCN(CC)C(=O)CN(C)S(=O)(=O)c1sccc1Br. The second-order valence-corrected chi connectivity index (χ2v) is 7.89. The van der Waals surface area contributed by atoms with Gasteiger partial charge < -0.3 is 4.90 Å². The summed E-state index contributed by atoms with van der Waals surface area (Å²) in [6.45, 7) is 4.74. The average Bonchev–Trinajstić information content (AvgIpc) is 2.77. The van der Waals surface area contributed by atoms with E-state index in [1.54, 1.807) is 16.3 Å². The Kier molecular flexibility index (Phi) is 5.97. The molecule has 1 aromatic heterocycles. The van der Waals surface area contributed by atoms with Gasteiger partial charge in [-0.2, -0.15) is 4.31 Å². The van der Waals surface area contributed by atoms with Crippen molar-refractivity contribution in [1.82, 2.24) is 9.21 Å². The topological polar surface area (TPSA) is 57.7 Å².